The zero-order chi connectivity index (χ0) is 19.4. The molecular weight excluding hydrogens is 370 g/mol. The van der Waals surface area contributed by atoms with Gasteiger partial charge in [-0.15, -0.1) is 0 Å². The fourth-order valence-electron chi connectivity index (χ4n) is 3.89. The van der Waals surface area contributed by atoms with Crippen LogP contribution in [0.2, 0.25) is 0 Å². The van der Waals surface area contributed by atoms with E-state index in [1.807, 2.05) is 0 Å². The first-order valence-corrected chi connectivity index (χ1v) is 11.0. The van der Waals surface area contributed by atoms with Crippen molar-refractivity contribution in [3.8, 4) is 0 Å². The number of carbonyl (C=O) groups excluding carboxylic acids is 1. The van der Waals surface area contributed by atoms with Crippen LogP contribution >= 0.6 is 0 Å². The van der Waals surface area contributed by atoms with Crippen LogP contribution in [0.25, 0.3) is 0 Å². The van der Waals surface area contributed by atoms with Gasteiger partial charge in [-0.1, -0.05) is 37.5 Å². The number of para-hydroxylation sites is 1. The second kappa shape index (κ2) is 8.35. The first-order chi connectivity index (χ1) is 12.9. The normalized spacial score (nSPS) is 19.8. The fourth-order valence-corrected chi connectivity index (χ4v) is 5.43. The van der Waals surface area contributed by atoms with Gasteiger partial charge in [-0.05, 0) is 12.8 Å². The largest absolute Gasteiger partial charge is 0.340 e. The summed E-state index contributed by atoms with van der Waals surface area (Å²) in [6, 6.07) is 5.90. The number of carbonyl (C=O) groups is 1. The summed E-state index contributed by atoms with van der Waals surface area (Å²) in [4.78, 5) is 24.9. The SMILES string of the molecule is O=C(C1CCCCC1)N1CCN(S(=O)(=O)Cc2ccccc2[N+](=O)[O-])CC1. The summed E-state index contributed by atoms with van der Waals surface area (Å²) in [5.41, 5.74) is -0.00426. The minimum absolute atomic E-state index is 0.0777. The molecule has 27 heavy (non-hydrogen) atoms. The molecule has 148 valence electrons. The Morgan fingerprint density at radius 3 is 2.33 bits per heavy atom. The molecule has 0 spiro atoms. The van der Waals surface area contributed by atoms with E-state index in [-0.39, 0.29) is 36.2 Å². The zero-order valence-corrected chi connectivity index (χ0v) is 16.1. The van der Waals surface area contributed by atoms with Crippen molar-refractivity contribution < 1.29 is 18.1 Å². The number of nitro benzene ring substituents is 1. The van der Waals surface area contributed by atoms with Crippen LogP contribution in [0.15, 0.2) is 24.3 Å². The molecule has 1 aromatic rings. The molecule has 0 N–H and O–H groups in total. The van der Waals surface area contributed by atoms with Crippen LogP contribution < -0.4 is 0 Å². The number of rotatable bonds is 5. The van der Waals surface area contributed by atoms with Crippen molar-refractivity contribution in [2.24, 2.45) is 5.92 Å². The van der Waals surface area contributed by atoms with E-state index in [1.54, 1.807) is 11.0 Å². The number of nitro groups is 1. The minimum atomic E-state index is -3.68. The third-order valence-electron chi connectivity index (χ3n) is 5.42. The lowest BCUT2D eigenvalue weighted by atomic mass is 9.88. The molecule has 3 rings (SSSR count). The van der Waals surface area contributed by atoms with Crippen molar-refractivity contribution in [3.63, 3.8) is 0 Å². The fraction of sp³-hybridized carbons (Fsp3) is 0.611. The molecule has 1 heterocycles. The van der Waals surface area contributed by atoms with Gasteiger partial charge in [-0.25, -0.2) is 8.42 Å². The lowest BCUT2D eigenvalue weighted by Gasteiger charge is -2.36. The molecule has 0 atom stereocenters. The van der Waals surface area contributed by atoms with Gasteiger partial charge in [0.2, 0.25) is 15.9 Å². The summed E-state index contributed by atoms with van der Waals surface area (Å²) in [5, 5.41) is 11.1. The molecule has 2 aliphatic rings. The van der Waals surface area contributed by atoms with Gasteiger partial charge in [0.1, 0.15) is 0 Å². The number of sulfonamides is 1. The van der Waals surface area contributed by atoms with Gasteiger partial charge in [0.05, 0.1) is 10.7 Å². The van der Waals surface area contributed by atoms with Crippen molar-refractivity contribution in [2.45, 2.75) is 37.9 Å². The maximum atomic E-state index is 12.7. The zero-order valence-electron chi connectivity index (χ0n) is 15.2. The summed E-state index contributed by atoms with van der Waals surface area (Å²) in [5.74, 6) is -0.180. The van der Waals surface area contributed by atoms with Crippen molar-refractivity contribution >= 4 is 21.6 Å². The number of amides is 1. The van der Waals surface area contributed by atoms with Gasteiger partial charge >= 0.3 is 0 Å². The standard InChI is InChI=1S/C18H25N3O5S/c22-18(15-6-2-1-3-7-15)19-10-12-20(13-11-19)27(25,26)14-16-8-4-5-9-17(16)21(23)24/h4-5,8-9,15H,1-3,6-7,10-14H2. The maximum absolute atomic E-state index is 12.7. The smallest absolute Gasteiger partial charge is 0.273 e. The van der Waals surface area contributed by atoms with Crippen LogP contribution in [0.3, 0.4) is 0 Å². The lowest BCUT2D eigenvalue weighted by molar-refractivity contribution is -0.385. The Balaban J connectivity index is 1.61. The molecule has 1 saturated carbocycles. The summed E-state index contributed by atoms with van der Waals surface area (Å²) in [6.07, 6.45) is 5.20. The van der Waals surface area contributed by atoms with E-state index in [9.17, 15) is 23.3 Å². The lowest BCUT2D eigenvalue weighted by Crippen LogP contribution is -2.52. The van der Waals surface area contributed by atoms with E-state index < -0.39 is 20.7 Å². The van der Waals surface area contributed by atoms with E-state index in [0.29, 0.717) is 13.1 Å². The topological polar surface area (TPSA) is 101 Å². The molecule has 0 bridgehead atoms. The van der Waals surface area contributed by atoms with Crippen molar-refractivity contribution in [2.75, 3.05) is 26.2 Å². The van der Waals surface area contributed by atoms with Crippen LogP contribution in [0, 0.1) is 16.0 Å². The molecule has 1 saturated heterocycles. The number of hydrogen-bond donors (Lipinski definition) is 0. The Bertz CT molecular complexity index is 797. The Kier molecular flexibility index (Phi) is 6.11. The Labute approximate surface area is 159 Å². The Morgan fingerprint density at radius 1 is 1.07 bits per heavy atom. The van der Waals surface area contributed by atoms with E-state index in [0.717, 1.165) is 25.7 Å². The van der Waals surface area contributed by atoms with Crippen LogP contribution in [-0.2, 0) is 20.6 Å². The highest BCUT2D eigenvalue weighted by molar-refractivity contribution is 7.88. The second-order valence-corrected chi connectivity index (χ2v) is 9.17. The number of piperazine rings is 1. The van der Waals surface area contributed by atoms with Gasteiger partial charge in [0, 0.05) is 43.7 Å². The van der Waals surface area contributed by atoms with E-state index in [1.165, 1.54) is 28.9 Å². The molecule has 1 aromatic carbocycles. The average Bonchev–Trinajstić information content (AvgIpc) is 2.68. The maximum Gasteiger partial charge on any atom is 0.273 e. The minimum Gasteiger partial charge on any atom is -0.340 e. The highest BCUT2D eigenvalue weighted by atomic mass is 32.2. The van der Waals surface area contributed by atoms with Crippen molar-refractivity contribution in [1.82, 2.24) is 9.21 Å². The third kappa shape index (κ3) is 4.65. The number of hydrogen-bond acceptors (Lipinski definition) is 5. The molecule has 0 aromatic heterocycles. The van der Waals surface area contributed by atoms with Crippen LogP contribution in [0.5, 0.6) is 0 Å². The first kappa shape index (κ1) is 19.8. The highest BCUT2D eigenvalue weighted by Gasteiger charge is 2.33. The van der Waals surface area contributed by atoms with Gasteiger partial charge < -0.3 is 4.90 Å². The molecular formula is C18H25N3O5S. The molecule has 1 aliphatic carbocycles. The van der Waals surface area contributed by atoms with E-state index in [4.69, 9.17) is 0 Å². The molecule has 0 radical (unpaired) electrons. The van der Waals surface area contributed by atoms with Crippen LogP contribution in [-0.4, -0.2) is 54.6 Å². The quantitative estimate of drug-likeness (QED) is 0.562. The second-order valence-electron chi connectivity index (χ2n) is 7.20. The van der Waals surface area contributed by atoms with Crippen molar-refractivity contribution in [3.05, 3.63) is 39.9 Å². The van der Waals surface area contributed by atoms with E-state index in [2.05, 4.69) is 0 Å². The molecule has 1 aliphatic heterocycles. The predicted octanol–water partition coefficient (Wildman–Crippen LogP) is 2.15. The van der Waals surface area contributed by atoms with Crippen molar-refractivity contribution in [1.29, 1.82) is 0 Å². The van der Waals surface area contributed by atoms with Gasteiger partial charge in [-0.2, -0.15) is 4.31 Å². The predicted molar refractivity (Wildman–Crippen MR) is 100 cm³/mol. The third-order valence-corrected chi connectivity index (χ3v) is 7.25. The van der Waals surface area contributed by atoms with Crippen LogP contribution in [0.4, 0.5) is 5.69 Å². The van der Waals surface area contributed by atoms with Gasteiger partial charge in [-0.3, -0.25) is 14.9 Å². The van der Waals surface area contributed by atoms with Gasteiger partial charge in [0.25, 0.3) is 5.69 Å². The Morgan fingerprint density at radius 2 is 1.70 bits per heavy atom. The monoisotopic (exact) mass is 395 g/mol. The highest BCUT2D eigenvalue weighted by Crippen LogP contribution is 2.27. The summed E-state index contributed by atoms with van der Waals surface area (Å²) in [6.45, 7) is 1.24. The van der Waals surface area contributed by atoms with Crippen LogP contribution in [0.1, 0.15) is 37.7 Å². The number of nitrogens with zero attached hydrogens (tertiary/aromatic N) is 3. The molecule has 8 nitrogen and oxygen atoms in total. The summed E-state index contributed by atoms with van der Waals surface area (Å²) in [7, 11) is -3.68. The molecule has 2 fully saturated rings. The average molecular weight is 395 g/mol. The molecule has 1 amide bonds. The Hall–Kier alpha value is -2.00. The first-order valence-electron chi connectivity index (χ1n) is 9.37. The summed E-state index contributed by atoms with van der Waals surface area (Å²) >= 11 is 0. The molecule has 0 unspecified atom stereocenters. The van der Waals surface area contributed by atoms with Gasteiger partial charge in [0.15, 0.2) is 0 Å². The number of benzene rings is 1. The molecule has 9 heteroatoms. The summed E-state index contributed by atoms with van der Waals surface area (Å²) < 4.78 is 26.8. The van der Waals surface area contributed by atoms with E-state index >= 15 is 0 Å².